The molecule has 0 aliphatic carbocycles. The molecule has 3 heteroatoms. The average molecular weight is 265 g/mol. The molecule has 2 unspecified atom stereocenters. The molecule has 1 aromatic carbocycles. The average Bonchev–Trinajstić information content (AvgIpc) is 2.45. The van der Waals surface area contributed by atoms with Crippen molar-refractivity contribution in [2.45, 2.75) is 45.8 Å². The number of nitrogens with one attached hydrogen (secondary N) is 1. The van der Waals surface area contributed by atoms with E-state index in [9.17, 15) is 0 Å². The first kappa shape index (κ1) is 16.0. The Bertz CT molecular complexity index is 354. The van der Waals surface area contributed by atoms with Crippen molar-refractivity contribution < 1.29 is 9.47 Å². The van der Waals surface area contributed by atoms with E-state index in [2.05, 4.69) is 38.2 Å². The van der Waals surface area contributed by atoms with Gasteiger partial charge < -0.3 is 14.8 Å². The lowest BCUT2D eigenvalue weighted by Gasteiger charge is -2.27. The van der Waals surface area contributed by atoms with E-state index < -0.39 is 0 Å². The van der Waals surface area contributed by atoms with Gasteiger partial charge in [-0.1, -0.05) is 32.0 Å². The van der Waals surface area contributed by atoms with E-state index in [1.54, 1.807) is 7.11 Å². The lowest BCUT2D eigenvalue weighted by Crippen LogP contribution is -2.42. The number of para-hydroxylation sites is 1. The minimum Gasteiger partial charge on any atom is -0.496 e. The molecule has 3 nitrogen and oxygen atoms in total. The first-order chi connectivity index (χ1) is 9.26. The summed E-state index contributed by atoms with van der Waals surface area (Å²) in [7, 11) is 1.72. The highest BCUT2D eigenvalue weighted by molar-refractivity contribution is 5.34. The minimum atomic E-state index is 0.245. The van der Waals surface area contributed by atoms with Crippen LogP contribution >= 0.6 is 0 Å². The van der Waals surface area contributed by atoms with Crippen LogP contribution in [0.1, 0.15) is 32.8 Å². The van der Waals surface area contributed by atoms with Crippen LogP contribution in [-0.2, 0) is 11.2 Å². The number of hydrogen-bond acceptors (Lipinski definition) is 3. The largest absolute Gasteiger partial charge is 0.496 e. The molecular weight excluding hydrogens is 238 g/mol. The highest BCUT2D eigenvalue weighted by atomic mass is 16.5. The maximum atomic E-state index is 5.85. The second-order valence-corrected chi connectivity index (χ2v) is 4.58. The molecule has 1 aromatic rings. The number of rotatable bonds is 9. The van der Waals surface area contributed by atoms with Crippen molar-refractivity contribution >= 4 is 0 Å². The number of benzene rings is 1. The summed E-state index contributed by atoms with van der Waals surface area (Å²) in [5.74, 6) is 0.955. The first-order valence-electron chi connectivity index (χ1n) is 7.23. The van der Waals surface area contributed by atoms with Gasteiger partial charge in [-0.25, -0.2) is 0 Å². The molecule has 1 rings (SSSR count). The summed E-state index contributed by atoms with van der Waals surface area (Å²) in [5.41, 5.74) is 1.23. The van der Waals surface area contributed by atoms with Gasteiger partial charge in [0.15, 0.2) is 0 Å². The number of methoxy groups -OCH3 is 1. The molecule has 0 amide bonds. The predicted molar refractivity (Wildman–Crippen MR) is 79.9 cm³/mol. The van der Waals surface area contributed by atoms with Gasteiger partial charge in [0.25, 0.3) is 0 Å². The maximum absolute atomic E-state index is 5.85. The van der Waals surface area contributed by atoms with Gasteiger partial charge in [-0.2, -0.15) is 0 Å². The van der Waals surface area contributed by atoms with Gasteiger partial charge in [0.2, 0.25) is 0 Å². The Hall–Kier alpha value is -1.06. The Morgan fingerprint density at radius 3 is 2.47 bits per heavy atom. The van der Waals surface area contributed by atoms with Crippen LogP contribution in [0.5, 0.6) is 5.75 Å². The molecule has 0 fully saturated rings. The van der Waals surface area contributed by atoms with Crippen LogP contribution in [-0.4, -0.2) is 32.4 Å². The quantitative estimate of drug-likeness (QED) is 0.744. The van der Waals surface area contributed by atoms with Crippen molar-refractivity contribution in [2.24, 2.45) is 0 Å². The summed E-state index contributed by atoms with van der Waals surface area (Å²) in [6.07, 6.45) is 2.19. The molecule has 0 aliphatic heterocycles. The van der Waals surface area contributed by atoms with Crippen LogP contribution in [0.15, 0.2) is 24.3 Å². The van der Waals surface area contributed by atoms with Gasteiger partial charge in [-0.3, -0.25) is 0 Å². The summed E-state index contributed by atoms with van der Waals surface area (Å²) in [6.45, 7) is 8.06. The highest BCUT2D eigenvalue weighted by Gasteiger charge is 2.21. The molecule has 0 bridgehead atoms. The first-order valence-corrected chi connectivity index (χ1v) is 7.23. The third-order valence-electron chi connectivity index (χ3n) is 3.33. The SMILES string of the molecule is CCNC(Cc1ccccc1OC)C(CC)OCC. The van der Waals surface area contributed by atoms with E-state index in [0.717, 1.165) is 31.7 Å². The topological polar surface area (TPSA) is 30.5 Å². The fraction of sp³-hybridized carbons (Fsp3) is 0.625. The molecular formula is C16H27NO2. The van der Waals surface area contributed by atoms with Crippen molar-refractivity contribution in [3.8, 4) is 5.75 Å². The standard InChI is InChI=1S/C16H27NO2/c1-5-15(19-7-3)14(17-6-2)12-13-10-8-9-11-16(13)18-4/h8-11,14-15,17H,5-7,12H2,1-4H3. The zero-order chi connectivity index (χ0) is 14.1. The Balaban J connectivity index is 2.81. The van der Waals surface area contributed by atoms with E-state index in [1.807, 2.05) is 12.1 Å². The molecule has 0 aromatic heterocycles. The van der Waals surface area contributed by atoms with Crippen molar-refractivity contribution in [1.29, 1.82) is 0 Å². The second kappa shape index (κ2) is 8.94. The number of hydrogen-bond donors (Lipinski definition) is 1. The number of likely N-dealkylation sites (N-methyl/N-ethyl adjacent to an activating group) is 1. The predicted octanol–water partition coefficient (Wildman–Crippen LogP) is 3.03. The van der Waals surface area contributed by atoms with Gasteiger partial charge in [0, 0.05) is 12.6 Å². The molecule has 0 spiro atoms. The molecule has 0 saturated carbocycles. The zero-order valence-corrected chi connectivity index (χ0v) is 12.6. The van der Waals surface area contributed by atoms with Crippen LogP contribution in [0.25, 0.3) is 0 Å². The Morgan fingerprint density at radius 2 is 1.89 bits per heavy atom. The molecule has 0 radical (unpaired) electrons. The van der Waals surface area contributed by atoms with Crippen LogP contribution in [0.4, 0.5) is 0 Å². The highest BCUT2D eigenvalue weighted by Crippen LogP contribution is 2.21. The zero-order valence-electron chi connectivity index (χ0n) is 12.6. The normalized spacial score (nSPS) is 14.1. The van der Waals surface area contributed by atoms with Gasteiger partial charge in [0.1, 0.15) is 5.75 Å². The van der Waals surface area contributed by atoms with E-state index in [0.29, 0.717) is 6.04 Å². The van der Waals surface area contributed by atoms with Gasteiger partial charge in [-0.05, 0) is 37.9 Å². The molecule has 2 atom stereocenters. The Kier molecular flexibility index (Phi) is 7.53. The van der Waals surface area contributed by atoms with Gasteiger partial charge in [-0.15, -0.1) is 0 Å². The van der Waals surface area contributed by atoms with Crippen molar-refractivity contribution in [2.75, 3.05) is 20.3 Å². The fourth-order valence-corrected chi connectivity index (χ4v) is 2.44. The summed E-state index contributed by atoms with van der Waals surface area (Å²) < 4.78 is 11.3. The summed E-state index contributed by atoms with van der Waals surface area (Å²) in [5, 5.41) is 3.54. The van der Waals surface area contributed by atoms with E-state index in [-0.39, 0.29) is 6.10 Å². The van der Waals surface area contributed by atoms with Crippen LogP contribution < -0.4 is 10.1 Å². The molecule has 0 saturated heterocycles. The van der Waals surface area contributed by atoms with Crippen LogP contribution in [0.2, 0.25) is 0 Å². The molecule has 1 N–H and O–H groups in total. The molecule has 0 heterocycles. The maximum Gasteiger partial charge on any atom is 0.122 e. The van der Waals surface area contributed by atoms with E-state index in [4.69, 9.17) is 9.47 Å². The van der Waals surface area contributed by atoms with E-state index in [1.165, 1.54) is 5.56 Å². The smallest absolute Gasteiger partial charge is 0.122 e. The lowest BCUT2D eigenvalue weighted by atomic mass is 9.98. The summed E-state index contributed by atoms with van der Waals surface area (Å²) in [6, 6.07) is 8.53. The van der Waals surface area contributed by atoms with E-state index >= 15 is 0 Å². The number of ether oxygens (including phenoxy) is 2. The minimum absolute atomic E-state index is 0.245. The Morgan fingerprint density at radius 1 is 1.16 bits per heavy atom. The molecule has 108 valence electrons. The van der Waals surface area contributed by atoms with Crippen molar-refractivity contribution in [3.63, 3.8) is 0 Å². The van der Waals surface area contributed by atoms with Gasteiger partial charge >= 0.3 is 0 Å². The third kappa shape index (κ3) is 4.84. The monoisotopic (exact) mass is 265 g/mol. The van der Waals surface area contributed by atoms with Crippen molar-refractivity contribution in [3.05, 3.63) is 29.8 Å². The summed E-state index contributed by atoms with van der Waals surface area (Å²) in [4.78, 5) is 0. The second-order valence-electron chi connectivity index (χ2n) is 4.58. The fourth-order valence-electron chi connectivity index (χ4n) is 2.44. The molecule has 19 heavy (non-hydrogen) atoms. The molecule has 0 aliphatic rings. The van der Waals surface area contributed by atoms with Gasteiger partial charge in [0.05, 0.1) is 13.2 Å². The van der Waals surface area contributed by atoms with Crippen LogP contribution in [0.3, 0.4) is 0 Å². The lowest BCUT2D eigenvalue weighted by molar-refractivity contribution is 0.0322. The van der Waals surface area contributed by atoms with Crippen LogP contribution in [0, 0.1) is 0 Å². The summed E-state index contributed by atoms with van der Waals surface area (Å²) >= 11 is 0. The Labute approximate surface area is 117 Å². The third-order valence-corrected chi connectivity index (χ3v) is 3.33. The van der Waals surface area contributed by atoms with Crippen molar-refractivity contribution in [1.82, 2.24) is 5.32 Å².